The molecule has 2 nitrogen and oxygen atoms in total. The molecule has 1 atom stereocenters. The first-order valence-corrected chi connectivity index (χ1v) is 6.14. The van der Waals surface area contributed by atoms with Crippen LogP contribution in [0.25, 0.3) is 0 Å². The van der Waals surface area contributed by atoms with E-state index in [9.17, 15) is 9.90 Å². The van der Waals surface area contributed by atoms with Crippen LogP contribution in [0.1, 0.15) is 30.9 Å². The topological polar surface area (TPSA) is 37.3 Å². The Balaban J connectivity index is 2.28. The number of ketones is 1. The first-order chi connectivity index (χ1) is 7.68. The van der Waals surface area contributed by atoms with Crippen LogP contribution in [0.15, 0.2) is 40.4 Å². The van der Waals surface area contributed by atoms with Crippen molar-refractivity contribution in [2.45, 2.75) is 25.4 Å². The number of hydrogen-bond acceptors (Lipinski definition) is 2. The van der Waals surface area contributed by atoms with Gasteiger partial charge < -0.3 is 5.11 Å². The maximum absolute atomic E-state index is 11.7. The number of aliphatic hydroxyl groups is 1. The molecular formula is C13H13BrO2. The predicted molar refractivity (Wildman–Crippen MR) is 66.0 cm³/mol. The first kappa shape index (κ1) is 11.6. The van der Waals surface area contributed by atoms with Crippen LogP contribution in [-0.4, -0.2) is 10.9 Å². The summed E-state index contributed by atoms with van der Waals surface area (Å²) in [5.74, 6) is 0.0683. The van der Waals surface area contributed by atoms with Gasteiger partial charge in [-0.25, -0.2) is 0 Å². The minimum Gasteiger partial charge on any atom is -0.384 e. The van der Waals surface area contributed by atoms with Gasteiger partial charge in [-0.2, -0.15) is 0 Å². The lowest BCUT2D eigenvalue weighted by Gasteiger charge is -2.17. The highest BCUT2D eigenvalue weighted by Crippen LogP contribution is 2.28. The minimum atomic E-state index is -0.787. The van der Waals surface area contributed by atoms with E-state index in [4.69, 9.17) is 0 Å². The molecule has 0 aliphatic heterocycles. The Kier molecular flexibility index (Phi) is 3.56. The number of aliphatic hydroxyl groups excluding tert-OH is 1. The lowest BCUT2D eigenvalue weighted by atomic mass is 9.91. The number of hydrogen-bond donors (Lipinski definition) is 1. The Labute approximate surface area is 103 Å². The van der Waals surface area contributed by atoms with Crippen molar-refractivity contribution in [1.82, 2.24) is 0 Å². The van der Waals surface area contributed by atoms with Gasteiger partial charge in [-0.15, -0.1) is 0 Å². The van der Waals surface area contributed by atoms with E-state index in [1.165, 1.54) is 0 Å². The SMILES string of the molecule is O=C1CCCC=C1C(O)c1cccc(Br)c1. The highest BCUT2D eigenvalue weighted by atomic mass is 79.9. The van der Waals surface area contributed by atoms with Crippen LogP contribution >= 0.6 is 15.9 Å². The number of benzene rings is 1. The number of carbonyl (C=O) groups excluding carboxylic acids is 1. The molecule has 1 aliphatic rings. The van der Waals surface area contributed by atoms with Gasteiger partial charge in [0, 0.05) is 16.5 Å². The maximum Gasteiger partial charge on any atom is 0.161 e. The molecule has 0 bridgehead atoms. The van der Waals surface area contributed by atoms with Crippen molar-refractivity contribution in [3.8, 4) is 0 Å². The largest absolute Gasteiger partial charge is 0.384 e. The second-order valence-electron chi connectivity index (χ2n) is 3.93. The number of halogens is 1. The second kappa shape index (κ2) is 4.93. The molecule has 1 N–H and O–H groups in total. The Morgan fingerprint density at radius 2 is 2.19 bits per heavy atom. The van der Waals surface area contributed by atoms with Gasteiger partial charge in [-0.05, 0) is 30.5 Å². The second-order valence-corrected chi connectivity index (χ2v) is 4.85. The van der Waals surface area contributed by atoms with E-state index in [0.29, 0.717) is 12.0 Å². The lowest BCUT2D eigenvalue weighted by molar-refractivity contribution is -0.117. The molecule has 0 saturated carbocycles. The predicted octanol–water partition coefficient (Wildman–Crippen LogP) is 3.16. The van der Waals surface area contributed by atoms with E-state index < -0.39 is 6.10 Å². The highest BCUT2D eigenvalue weighted by Gasteiger charge is 2.22. The van der Waals surface area contributed by atoms with E-state index in [2.05, 4.69) is 15.9 Å². The van der Waals surface area contributed by atoms with Crippen molar-refractivity contribution in [3.05, 3.63) is 46.0 Å². The number of allylic oxidation sites excluding steroid dienone is 1. The zero-order valence-corrected chi connectivity index (χ0v) is 10.4. The molecule has 0 saturated heterocycles. The van der Waals surface area contributed by atoms with E-state index in [-0.39, 0.29) is 5.78 Å². The van der Waals surface area contributed by atoms with Crippen molar-refractivity contribution in [2.24, 2.45) is 0 Å². The average Bonchev–Trinajstić information content (AvgIpc) is 2.29. The van der Waals surface area contributed by atoms with Crippen LogP contribution in [0.2, 0.25) is 0 Å². The normalized spacial score (nSPS) is 18.1. The first-order valence-electron chi connectivity index (χ1n) is 5.35. The van der Waals surface area contributed by atoms with Crippen molar-refractivity contribution in [1.29, 1.82) is 0 Å². The van der Waals surface area contributed by atoms with Crippen LogP contribution in [-0.2, 0) is 4.79 Å². The highest BCUT2D eigenvalue weighted by molar-refractivity contribution is 9.10. The Morgan fingerprint density at radius 1 is 1.38 bits per heavy atom. The van der Waals surface area contributed by atoms with E-state index in [1.54, 1.807) is 0 Å². The molecule has 1 aromatic rings. The molecule has 84 valence electrons. The number of carbonyl (C=O) groups is 1. The smallest absolute Gasteiger partial charge is 0.161 e. The molecule has 0 spiro atoms. The van der Waals surface area contributed by atoms with Crippen LogP contribution < -0.4 is 0 Å². The summed E-state index contributed by atoms with van der Waals surface area (Å²) in [6.07, 6.45) is 3.40. The van der Waals surface area contributed by atoms with Crippen molar-refractivity contribution < 1.29 is 9.90 Å². The number of rotatable bonds is 2. The van der Waals surface area contributed by atoms with Gasteiger partial charge in [-0.1, -0.05) is 34.1 Å². The molecule has 0 heterocycles. The van der Waals surface area contributed by atoms with Crippen LogP contribution in [0.5, 0.6) is 0 Å². The average molecular weight is 281 g/mol. The van der Waals surface area contributed by atoms with Crippen molar-refractivity contribution >= 4 is 21.7 Å². The maximum atomic E-state index is 11.7. The molecular weight excluding hydrogens is 268 g/mol. The summed E-state index contributed by atoms with van der Waals surface area (Å²) < 4.78 is 0.910. The standard InChI is InChI=1S/C13H13BrO2/c14-10-5-3-4-9(8-10)13(16)11-6-1-2-7-12(11)15/h3-6,8,13,16H,1-2,7H2. The molecule has 1 unspecified atom stereocenters. The quantitative estimate of drug-likeness (QED) is 0.904. The Morgan fingerprint density at radius 3 is 2.88 bits per heavy atom. The van der Waals surface area contributed by atoms with E-state index in [1.807, 2.05) is 30.3 Å². The molecule has 0 amide bonds. The molecule has 1 aliphatic carbocycles. The molecule has 16 heavy (non-hydrogen) atoms. The van der Waals surface area contributed by atoms with Gasteiger partial charge in [0.1, 0.15) is 6.10 Å². The number of Topliss-reactive ketones (excluding diaryl/α,β-unsaturated/α-hetero) is 1. The fourth-order valence-electron chi connectivity index (χ4n) is 1.90. The summed E-state index contributed by atoms with van der Waals surface area (Å²) >= 11 is 3.35. The van der Waals surface area contributed by atoms with Gasteiger partial charge >= 0.3 is 0 Å². The van der Waals surface area contributed by atoms with Crippen LogP contribution in [0, 0.1) is 0 Å². The summed E-state index contributed by atoms with van der Waals surface area (Å²) in [7, 11) is 0. The van der Waals surface area contributed by atoms with E-state index in [0.717, 1.165) is 22.9 Å². The summed E-state index contributed by atoms with van der Waals surface area (Å²) in [6, 6.07) is 7.43. The van der Waals surface area contributed by atoms with E-state index >= 15 is 0 Å². The zero-order valence-electron chi connectivity index (χ0n) is 8.82. The zero-order chi connectivity index (χ0) is 11.5. The summed E-state index contributed by atoms with van der Waals surface area (Å²) in [5, 5.41) is 10.1. The Bertz CT molecular complexity index is 437. The molecule has 0 radical (unpaired) electrons. The van der Waals surface area contributed by atoms with Crippen molar-refractivity contribution in [2.75, 3.05) is 0 Å². The minimum absolute atomic E-state index is 0.0683. The fraction of sp³-hybridized carbons (Fsp3) is 0.308. The third kappa shape index (κ3) is 2.42. The fourth-order valence-corrected chi connectivity index (χ4v) is 2.32. The molecule has 2 rings (SSSR count). The molecule has 0 fully saturated rings. The van der Waals surface area contributed by atoms with Gasteiger partial charge in [-0.3, -0.25) is 4.79 Å². The monoisotopic (exact) mass is 280 g/mol. The van der Waals surface area contributed by atoms with Gasteiger partial charge in [0.15, 0.2) is 5.78 Å². The third-order valence-corrected chi connectivity index (χ3v) is 3.25. The van der Waals surface area contributed by atoms with Gasteiger partial charge in [0.25, 0.3) is 0 Å². The molecule has 3 heteroatoms. The lowest BCUT2D eigenvalue weighted by Crippen LogP contribution is -2.14. The summed E-state index contributed by atoms with van der Waals surface area (Å²) in [4.78, 5) is 11.7. The van der Waals surface area contributed by atoms with Gasteiger partial charge in [0.05, 0.1) is 0 Å². The molecule has 1 aromatic carbocycles. The third-order valence-electron chi connectivity index (χ3n) is 2.75. The van der Waals surface area contributed by atoms with Crippen LogP contribution in [0.4, 0.5) is 0 Å². The Hall–Kier alpha value is -0.930. The summed E-state index contributed by atoms with van der Waals surface area (Å²) in [5.41, 5.74) is 1.31. The summed E-state index contributed by atoms with van der Waals surface area (Å²) in [6.45, 7) is 0. The molecule has 0 aromatic heterocycles. The van der Waals surface area contributed by atoms with Gasteiger partial charge in [0.2, 0.25) is 0 Å². The van der Waals surface area contributed by atoms with Crippen LogP contribution in [0.3, 0.4) is 0 Å². The van der Waals surface area contributed by atoms with Crippen molar-refractivity contribution in [3.63, 3.8) is 0 Å².